The summed E-state index contributed by atoms with van der Waals surface area (Å²) in [6, 6.07) is 9.92. The van der Waals surface area contributed by atoms with Gasteiger partial charge in [-0.2, -0.15) is 5.10 Å². The van der Waals surface area contributed by atoms with Gasteiger partial charge < -0.3 is 5.32 Å². The summed E-state index contributed by atoms with van der Waals surface area (Å²) in [6.45, 7) is 7.37. The highest BCUT2D eigenvalue weighted by Gasteiger charge is 2.11. The summed E-state index contributed by atoms with van der Waals surface area (Å²) < 4.78 is 3.55. The lowest BCUT2D eigenvalue weighted by atomic mass is 10.2. The van der Waals surface area contributed by atoms with Gasteiger partial charge in [0.15, 0.2) is 5.69 Å². The van der Waals surface area contributed by atoms with E-state index in [1.54, 1.807) is 10.9 Å². The van der Waals surface area contributed by atoms with Gasteiger partial charge in [0.05, 0.1) is 17.6 Å². The zero-order chi connectivity index (χ0) is 17.8. The number of aromatic nitrogens is 5. The van der Waals surface area contributed by atoms with Crippen molar-refractivity contribution in [3.8, 4) is 5.69 Å². The zero-order valence-electron chi connectivity index (χ0n) is 14.7. The average Bonchev–Trinajstić information content (AvgIpc) is 3.19. The van der Waals surface area contributed by atoms with Crippen LogP contribution in [0.25, 0.3) is 5.69 Å². The van der Waals surface area contributed by atoms with Crippen molar-refractivity contribution in [2.24, 2.45) is 0 Å². The number of hydrogen-bond donors (Lipinski definition) is 1. The fourth-order valence-corrected chi connectivity index (χ4v) is 2.61. The Morgan fingerprint density at radius 2 is 1.92 bits per heavy atom. The van der Waals surface area contributed by atoms with E-state index >= 15 is 0 Å². The number of aryl methyl sites for hydroxylation is 4. The number of nitrogens with one attached hydrogen (secondary N) is 1. The molecule has 0 spiro atoms. The standard InChI is InChI=1S/C18H22N6O/c1-13-5-7-16(8-6-13)24-12-17(20-22-24)18(25)19-9-4-10-23-15(3)11-14(2)21-23/h5-8,11-12H,4,9-10H2,1-3H3,(H,19,25). The molecule has 130 valence electrons. The van der Waals surface area contributed by atoms with Gasteiger partial charge in [0, 0.05) is 18.8 Å². The van der Waals surface area contributed by atoms with Crippen LogP contribution in [0.2, 0.25) is 0 Å². The minimum Gasteiger partial charge on any atom is -0.351 e. The average molecular weight is 338 g/mol. The summed E-state index contributed by atoms with van der Waals surface area (Å²) in [5.74, 6) is -0.216. The second-order valence-electron chi connectivity index (χ2n) is 6.14. The molecule has 0 atom stereocenters. The van der Waals surface area contributed by atoms with Crippen LogP contribution in [0, 0.1) is 20.8 Å². The van der Waals surface area contributed by atoms with E-state index in [2.05, 4.69) is 20.7 Å². The quantitative estimate of drug-likeness (QED) is 0.699. The smallest absolute Gasteiger partial charge is 0.273 e. The second-order valence-corrected chi connectivity index (χ2v) is 6.14. The molecule has 0 aliphatic rings. The van der Waals surface area contributed by atoms with Gasteiger partial charge in [-0.1, -0.05) is 22.9 Å². The predicted molar refractivity (Wildman–Crippen MR) is 94.7 cm³/mol. The fourth-order valence-electron chi connectivity index (χ4n) is 2.61. The van der Waals surface area contributed by atoms with E-state index in [4.69, 9.17) is 0 Å². The van der Waals surface area contributed by atoms with Crippen LogP contribution in [0.1, 0.15) is 33.9 Å². The fraction of sp³-hybridized carbons (Fsp3) is 0.333. The highest BCUT2D eigenvalue weighted by molar-refractivity contribution is 5.91. The lowest BCUT2D eigenvalue weighted by Gasteiger charge is -2.05. The summed E-state index contributed by atoms with van der Waals surface area (Å²) in [5.41, 5.74) is 4.50. The van der Waals surface area contributed by atoms with Crippen LogP contribution < -0.4 is 5.32 Å². The molecule has 25 heavy (non-hydrogen) atoms. The Hall–Kier alpha value is -2.96. The molecule has 7 nitrogen and oxygen atoms in total. The van der Waals surface area contributed by atoms with Crippen LogP contribution in [0.4, 0.5) is 0 Å². The van der Waals surface area contributed by atoms with Crippen molar-refractivity contribution in [3.63, 3.8) is 0 Å². The Balaban J connectivity index is 1.52. The van der Waals surface area contributed by atoms with Crippen LogP contribution in [-0.4, -0.2) is 37.2 Å². The van der Waals surface area contributed by atoms with Gasteiger partial charge in [0.25, 0.3) is 5.91 Å². The van der Waals surface area contributed by atoms with Gasteiger partial charge in [-0.05, 0) is 45.4 Å². The summed E-state index contributed by atoms with van der Waals surface area (Å²) in [6.07, 6.45) is 2.45. The van der Waals surface area contributed by atoms with E-state index in [0.717, 1.165) is 30.0 Å². The van der Waals surface area contributed by atoms with E-state index in [-0.39, 0.29) is 5.91 Å². The van der Waals surface area contributed by atoms with Gasteiger partial charge >= 0.3 is 0 Å². The van der Waals surface area contributed by atoms with Crippen LogP contribution in [0.15, 0.2) is 36.5 Å². The van der Waals surface area contributed by atoms with Crippen LogP contribution in [0.5, 0.6) is 0 Å². The maximum Gasteiger partial charge on any atom is 0.273 e. The summed E-state index contributed by atoms with van der Waals surface area (Å²) in [5, 5.41) is 15.3. The number of hydrogen-bond acceptors (Lipinski definition) is 4. The molecule has 0 aliphatic heterocycles. The molecule has 7 heteroatoms. The first-order chi connectivity index (χ1) is 12.0. The SMILES string of the molecule is Cc1ccc(-n2cc(C(=O)NCCCn3nc(C)cc3C)nn2)cc1. The van der Waals surface area contributed by atoms with Crippen molar-refractivity contribution in [1.29, 1.82) is 0 Å². The van der Waals surface area contributed by atoms with Crippen LogP contribution >= 0.6 is 0 Å². The summed E-state index contributed by atoms with van der Waals surface area (Å²) in [4.78, 5) is 12.2. The molecule has 3 rings (SSSR count). The minimum absolute atomic E-state index is 0.216. The molecule has 2 heterocycles. The third-order valence-electron chi connectivity index (χ3n) is 3.96. The van der Waals surface area contributed by atoms with E-state index < -0.39 is 0 Å². The zero-order valence-corrected chi connectivity index (χ0v) is 14.7. The third kappa shape index (κ3) is 4.12. The Bertz CT molecular complexity index is 862. The Labute approximate surface area is 146 Å². The second kappa shape index (κ2) is 7.29. The summed E-state index contributed by atoms with van der Waals surface area (Å²) in [7, 11) is 0. The van der Waals surface area contributed by atoms with E-state index in [1.165, 1.54) is 5.56 Å². The molecule has 0 fully saturated rings. The number of nitrogens with zero attached hydrogens (tertiary/aromatic N) is 5. The molecule has 1 N–H and O–H groups in total. The Morgan fingerprint density at radius 3 is 2.60 bits per heavy atom. The highest BCUT2D eigenvalue weighted by atomic mass is 16.2. The molecule has 0 radical (unpaired) electrons. The molecule has 1 amide bonds. The first-order valence-electron chi connectivity index (χ1n) is 8.31. The molecular formula is C18H22N6O. The predicted octanol–water partition coefficient (Wildman–Crippen LogP) is 2.21. The van der Waals surface area contributed by atoms with E-state index in [9.17, 15) is 4.79 Å². The van der Waals surface area contributed by atoms with Crippen molar-refractivity contribution in [3.05, 3.63) is 59.2 Å². The van der Waals surface area contributed by atoms with Crippen molar-refractivity contribution < 1.29 is 4.79 Å². The molecule has 0 bridgehead atoms. The van der Waals surface area contributed by atoms with Crippen LogP contribution in [0.3, 0.4) is 0 Å². The minimum atomic E-state index is -0.216. The molecule has 3 aromatic rings. The molecule has 0 saturated carbocycles. The highest BCUT2D eigenvalue weighted by Crippen LogP contribution is 2.08. The molecule has 0 unspecified atom stereocenters. The van der Waals surface area contributed by atoms with Crippen molar-refractivity contribution in [1.82, 2.24) is 30.1 Å². The van der Waals surface area contributed by atoms with Crippen molar-refractivity contribution >= 4 is 5.91 Å². The maximum absolute atomic E-state index is 12.2. The summed E-state index contributed by atoms with van der Waals surface area (Å²) >= 11 is 0. The first-order valence-corrected chi connectivity index (χ1v) is 8.31. The lowest BCUT2D eigenvalue weighted by Crippen LogP contribution is -2.25. The van der Waals surface area contributed by atoms with Gasteiger partial charge in [-0.15, -0.1) is 5.10 Å². The van der Waals surface area contributed by atoms with Gasteiger partial charge in [0.1, 0.15) is 0 Å². The number of rotatable bonds is 6. The Morgan fingerprint density at radius 1 is 1.16 bits per heavy atom. The number of benzene rings is 1. The molecule has 2 aromatic heterocycles. The molecular weight excluding hydrogens is 316 g/mol. The Kier molecular flexibility index (Phi) is 4.92. The van der Waals surface area contributed by atoms with Crippen molar-refractivity contribution in [2.75, 3.05) is 6.54 Å². The topological polar surface area (TPSA) is 77.6 Å². The largest absolute Gasteiger partial charge is 0.351 e. The molecule has 0 saturated heterocycles. The van der Waals surface area contributed by atoms with Gasteiger partial charge in [0.2, 0.25) is 0 Å². The first kappa shape index (κ1) is 16.9. The lowest BCUT2D eigenvalue weighted by molar-refractivity contribution is 0.0947. The van der Waals surface area contributed by atoms with Crippen molar-refractivity contribution in [2.45, 2.75) is 33.7 Å². The maximum atomic E-state index is 12.2. The van der Waals surface area contributed by atoms with E-state index in [1.807, 2.05) is 55.8 Å². The normalized spacial score (nSPS) is 10.8. The molecule has 0 aliphatic carbocycles. The third-order valence-corrected chi connectivity index (χ3v) is 3.96. The monoisotopic (exact) mass is 338 g/mol. The number of amides is 1. The van der Waals surface area contributed by atoms with Crippen LogP contribution in [-0.2, 0) is 6.54 Å². The molecule has 1 aromatic carbocycles. The number of carbonyl (C=O) groups is 1. The van der Waals surface area contributed by atoms with E-state index in [0.29, 0.717) is 12.2 Å². The number of carbonyl (C=O) groups excluding carboxylic acids is 1. The van der Waals surface area contributed by atoms with Gasteiger partial charge in [-0.25, -0.2) is 4.68 Å². The van der Waals surface area contributed by atoms with Gasteiger partial charge in [-0.3, -0.25) is 9.48 Å².